The number of nitrogens with one attached hydrogen (secondary N) is 1. The van der Waals surface area contributed by atoms with Crippen LogP contribution in [-0.4, -0.2) is 11.9 Å². The van der Waals surface area contributed by atoms with Crippen molar-refractivity contribution in [1.82, 2.24) is 0 Å². The van der Waals surface area contributed by atoms with Crippen molar-refractivity contribution in [3.8, 4) is 11.5 Å². The molecular formula is C22H19ClN2O4. The second-order valence-electron chi connectivity index (χ2n) is 6.22. The summed E-state index contributed by atoms with van der Waals surface area (Å²) in [5.41, 5.74) is 7.74. The van der Waals surface area contributed by atoms with Crippen LogP contribution in [0.25, 0.3) is 0 Å². The summed E-state index contributed by atoms with van der Waals surface area (Å²) < 4.78 is 10.8. The van der Waals surface area contributed by atoms with Gasteiger partial charge in [0.05, 0.1) is 10.6 Å². The van der Waals surface area contributed by atoms with Gasteiger partial charge >= 0.3 is 5.97 Å². The summed E-state index contributed by atoms with van der Waals surface area (Å²) in [5.74, 6) is -0.398. The van der Waals surface area contributed by atoms with Gasteiger partial charge in [0.1, 0.15) is 18.1 Å². The Labute approximate surface area is 173 Å². The molecule has 0 aliphatic heterocycles. The lowest BCUT2D eigenvalue weighted by molar-refractivity contribution is -0.131. The molecule has 0 aliphatic rings. The first-order valence-corrected chi connectivity index (χ1v) is 9.16. The molecule has 148 valence electrons. The predicted octanol–water partition coefficient (Wildman–Crippen LogP) is 4.68. The van der Waals surface area contributed by atoms with Crippen LogP contribution in [0.5, 0.6) is 11.5 Å². The van der Waals surface area contributed by atoms with Gasteiger partial charge in [0.15, 0.2) is 0 Å². The van der Waals surface area contributed by atoms with E-state index in [1.165, 1.54) is 19.1 Å². The van der Waals surface area contributed by atoms with Gasteiger partial charge in [-0.2, -0.15) is 0 Å². The van der Waals surface area contributed by atoms with Crippen molar-refractivity contribution in [2.24, 2.45) is 0 Å². The van der Waals surface area contributed by atoms with Crippen molar-refractivity contribution in [3.05, 3.63) is 82.9 Å². The highest BCUT2D eigenvalue weighted by atomic mass is 35.5. The van der Waals surface area contributed by atoms with Crippen LogP contribution in [0, 0.1) is 0 Å². The van der Waals surface area contributed by atoms with E-state index < -0.39 is 11.9 Å². The van der Waals surface area contributed by atoms with E-state index in [1.807, 2.05) is 30.3 Å². The molecule has 0 saturated heterocycles. The van der Waals surface area contributed by atoms with Crippen LogP contribution in [-0.2, 0) is 11.4 Å². The maximum Gasteiger partial charge on any atom is 0.308 e. The molecule has 0 heterocycles. The van der Waals surface area contributed by atoms with Crippen molar-refractivity contribution < 1.29 is 19.1 Å². The molecule has 29 heavy (non-hydrogen) atoms. The largest absolute Gasteiger partial charge is 0.487 e. The maximum absolute atomic E-state index is 12.6. The number of carbonyl (C=O) groups is 2. The van der Waals surface area contributed by atoms with Gasteiger partial charge in [-0.3, -0.25) is 9.59 Å². The standard InChI is InChI=1S/C22H19ClN2O4/c1-14(26)29-20-9-7-16(24)11-18(20)22(27)25-17-8-10-21(19(23)12-17)28-13-15-5-3-2-4-6-15/h2-12H,13,24H2,1H3,(H,25,27). The fourth-order valence-corrected chi connectivity index (χ4v) is 2.83. The first-order chi connectivity index (χ1) is 13.9. The van der Waals surface area contributed by atoms with E-state index in [2.05, 4.69) is 5.32 Å². The molecular weight excluding hydrogens is 392 g/mol. The second-order valence-corrected chi connectivity index (χ2v) is 6.63. The van der Waals surface area contributed by atoms with Crippen LogP contribution in [0.2, 0.25) is 5.02 Å². The van der Waals surface area contributed by atoms with Crippen molar-refractivity contribution >= 4 is 34.9 Å². The summed E-state index contributed by atoms with van der Waals surface area (Å²) in [6.45, 7) is 1.63. The van der Waals surface area contributed by atoms with Gasteiger partial charge in [0.2, 0.25) is 0 Å². The van der Waals surface area contributed by atoms with Crippen LogP contribution < -0.4 is 20.5 Å². The van der Waals surface area contributed by atoms with E-state index in [1.54, 1.807) is 24.3 Å². The molecule has 0 saturated carbocycles. The number of ether oxygens (including phenoxy) is 2. The third kappa shape index (κ3) is 5.49. The minimum Gasteiger partial charge on any atom is -0.487 e. The topological polar surface area (TPSA) is 90.7 Å². The molecule has 0 fully saturated rings. The van der Waals surface area contributed by atoms with E-state index in [9.17, 15) is 9.59 Å². The van der Waals surface area contributed by atoms with Crippen LogP contribution in [0.4, 0.5) is 11.4 Å². The number of rotatable bonds is 6. The lowest BCUT2D eigenvalue weighted by atomic mass is 10.1. The number of anilines is 2. The Balaban J connectivity index is 1.72. The number of esters is 1. The average Bonchev–Trinajstić information content (AvgIpc) is 2.69. The van der Waals surface area contributed by atoms with Crippen LogP contribution >= 0.6 is 11.6 Å². The molecule has 6 nitrogen and oxygen atoms in total. The third-order valence-electron chi connectivity index (χ3n) is 3.93. The zero-order valence-corrected chi connectivity index (χ0v) is 16.4. The molecule has 3 aromatic rings. The van der Waals surface area contributed by atoms with Crippen LogP contribution in [0.15, 0.2) is 66.7 Å². The highest BCUT2D eigenvalue weighted by Crippen LogP contribution is 2.29. The SMILES string of the molecule is CC(=O)Oc1ccc(N)cc1C(=O)Nc1ccc(OCc2ccccc2)c(Cl)c1. The van der Waals surface area contributed by atoms with Crippen molar-refractivity contribution in [2.45, 2.75) is 13.5 Å². The molecule has 1 amide bonds. The van der Waals surface area contributed by atoms with E-state index in [-0.39, 0.29) is 11.3 Å². The quantitative estimate of drug-likeness (QED) is 0.350. The van der Waals surface area contributed by atoms with Gasteiger partial charge in [-0.25, -0.2) is 0 Å². The summed E-state index contributed by atoms with van der Waals surface area (Å²) in [6.07, 6.45) is 0. The van der Waals surface area contributed by atoms with Gasteiger partial charge in [-0.1, -0.05) is 41.9 Å². The Morgan fingerprint density at radius 3 is 2.41 bits per heavy atom. The Morgan fingerprint density at radius 1 is 1.00 bits per heavy atom. The molecule has 0 spiro atoms. The Hall–Kier alpha value is -3.51. The van der Waals surface area contributed by atoms with E-state index in [4.69, 9.17) is 26.8 Å². The smallest absolute Gasteiger partial charge is 0.308 e. The summed E-state index contributed by atoms with van der Waals surface area (Å²) in [6, 6.07) is 19.1. The van der Waals surface area contributed by atoms with Crippen molar-refractivity contribution in [2.75, 3.05) is 11.1 Å². The molecule has 3 rings (SSSR count). The number of hydrogen-bond donors (Lipinski definition) is 2. The van der Waals surface area contributed by atoms with E-state index in [0.29, 0.717) is 28.8 Å². The lowest BCUT2D eigenvalue weighted by Gasteiger charge is -2.12. The number of nitrogens with two attached hydrogens (primary N) is 1. The molecule has 7 heteroatoms. The van der Waals surface area contributed by atoms with Crippen molar-refractivity contribution in [3.63, 3.8) is 0 Å². The summed E-state index contributed by atoms with van der Waals surface area (Å²) in [4.78, 5) is 23.9. The number of halogens is 1. The average molecular weight is 411 g/mol. The highest BCUT2D eigenvalue weighted by molar-refractivity contribution is 6.32. The lowest BCUT2D eigenvalue weighted by Crippen LogP contribution is -2.15. The minimum absolute atomic E-state index is 0.123. The Kier molecular flexibility index (Phi) is 6.36. The first kappa shape index (κ1) is 20.2. The van der Waals surface area contributed by atoms with Crippen molar-refractivity contribution in [1.29, 1.82) is 0 Å². The fourth-order valence-electron chi connectivity index (χ4n) is 2.60. The summed E-state index contributed by atoms with van der Waals surface area (Å²) >= 11 is 6.28. The predicted molar refractivity (Wildman–Crippen MR) is 112 cm³/mol. The fraction of sp³-hybridized carbons (Fsp3) is 0.0909. The maximum atomic E-state index is 12.6. The molecule has 0 aliphatic carbocycles. The van der Waals surface area contributed by atoms with Gasteiger partial charge in [0, 0.05) is 18.3 Å². The van der Waals surface area contributed by atoms with Crippen LogP contribution in [0.3, 0.4) is 0 Å². The summed E-state index contributed by atoms with van der Waals surface area (Å²) in [5, 5.41) is 3.07. The number of hydrogen-bond acceptors (Lipinski definition) is 5. The van der Waals surface area contributed by atoms with E-state index >= 15 is 0 Å². The number of nitrogen functional groups attached to an aromatic ring is 1. The van der Waals surface area contributed by atoms with E-state index in [0.717, 1.165) is 5.56 Å². The molecule has 3 N–H and O–H groups in total. The molecule has 0 aromatic heterocycles. The number of benzene rings is 3. The second kappa shape index (κ2) is 9.12. The highest BCUT2D eigenvalue weighted by Gasteiger charge is 2.16. The number of amides is 1. The zero-order valence-electron chi connectivity index (χ0n) is 15.6. The molecule has 0 atom stereocenters. The monoisotopic (exact) mass is 410 g/mol. The van der Waals surface area contributed by atoms with Gasteiger partial charge in [-0.05, 0) is 42.0 Å². The van der Waals surface area contributed by atoms with Crippen LogP contribution in [0.1, 0.15) is 22.8 Å². The van der Waals surface area contributed by atoms with Gasteiger partial charge < -0.3 is 20.5 Å². The normalized spacial score (nSPS) is 10.3. The Bertz CT molecular complexity index is 1040. The molecule has 0 bridgehead atoms. The number of carbonyl (C=O) groups excluding carboxylic acids is 2. The Morgan fingerprint density at radius 2 is 1.72 bits per heavy atom. The zero-order chi connectivity index (χ0) is 20.8. The molecule has 0 unspecified atom stereocenters. The minimum atomic E-state index is -0.535. The third-order valence-corrected chi connectivity index (χ3v) is 4.22. The molecule has 0 radical (unpaired) electrons. The summed E-state index contributed by atoms with van der Waals surface area (Å²) in [7, 11) is 0. The van der Waals surface area contributed by atoms with Gasteiger partial charge in [0.25, 0.3) is 5.91 Å². The van der Waals surface area contributed by atoms with Gasteiger partial charge in [-0.15, -0.1) is 0 Å². The molecule has 3 aromatic carbocycles. The first-order valence-electron chi connectivity index (χ1n) is 8.78.